The van der Waals surface area contributed by atoms with Crippen LogP contribution >= 0.6 is 0 Å². The van der Waals surface area contributed by atoms with Crippen molar-refractivity contribution in [1.82, 2.24) is 4.90 Å². The minimum absolute atomic E-state index is 0.168. The first-order valence-corrected chi connectivity index (χ1v) is 7.31. The smallest absolute Gasteiger partial charge is 0.143 e. The van der Waals surface area contributed by atoms with Gasteiger partial charge in [0.1, 0.15) is 5.75 Å². The van der Waals surface area contributed by atoms with Crippen molar-refractivity contribution in [3.8, 4) is 11.8 Å². The number of benzene rings is 1. The molecule has 5 heteroatoms. The summed E-state index contributed by atoms with van der Waals surface area (Å²) in [6, 6.07) is 8.06. The van der Waals surface area contributed by atoms with Crippen molar-refractivity contribution in [2.45, 2.75) is 26.0 Å². The van der Waals surface area contributed by atoms with E-state index in [-0.39, 0.29) is 6.10 Å². The average Bonchev–Trinajstić information content (AvgIpc) is 2.53. The summed E-state index contributed by atoms with van der Waals surface area (Å²) in [6.45, 7) is 7.84. The highest BCUT2D eigenvalue weighted by molar-refractivity contribution is 5.59. The van der Waals surface area contributed by atoms with Crippen molar-refractivity contribution in [2.24, 2.45) is 0 Å². The zero-order chi connectivity index (χ0) is 15.2. The Balaban J connectivity index is 1.95. The fourth-order valence-corrected chi connectivity index (χ4v) is 2.47. The van der Waals surface area contributed by atoms with E-state index in [1.54, 1.807) is 19.2 Å². The first-order chi connectivity index (χ1) is 10.1. The standard InChI is InChI=1S/C16H23N3O2/c1-12(2)19-6-7-21-14(11-19)10-18-15-5-4-13(9-17)8-16(15)20-3/h4-5,8,12,14,18H,6-7,10-11H2,1-3H3. The topological polar surface area (TPSA) is 57.5 Å². The molecule has 0 radical (unpaired) electrons. The fourth-order valence-electron chi connectivity index (χ4n) is 2.47. The number of anilines is 1. The second kappa shape index (κ2) is 7.30. The van der Waals surface area contributed by atoms with Gasteiger partial charge in [-0.2, -0.15) is 5.26 Å². The number of nitrogens with zero attached hydrogens (tertiary/aromatic N) is 2. The number of hydrogen-bond donors (Lipinski definition) is 1. The van der Waals surface area contributed by atoms with Crippen LogP contribution < -0.4 is 10.1 Å². The zero-order valence-corrected chi connectivity index (χ0v) is 12.9. The molecule has 0 aliphatic carbocycles. The molecule has 0 bridgehead atoms. The highest BCUT2D eigenvalue weighted by Crippen LogP contribution is 2.25. The third kappa shape index (κ3) is 4.10. The van der Waals surface area contributed by atoms with E-state index < -0.39 is 0 Å². The molecule has 1 fully saturated rings. The summed E-state index contributed by atoms with van der Waals surface area (Å²) in [5.41, 5.74) is 1.49. The van der Waals surface area contributed by atoms with Gasteiger partial charge in [-0.25, -0.2) is 0 Å². The fraction of sp³-hybridized carbons (Fsp3) is 0.562. The van der Waals surface area contributed by atoms with Crippen molar-refractivity contribution >= 4 is 5.69 Å². The molecule has 1 unspecified atom stereocenters. The summed E-state index contributed by atoms with van der Waals surface area (Å²) in [5.74, 6) is 0.686. The Hall–Kier alpha value is -1.77. The predicted octanol–water partition coefficient (Wildman–Crippen LogP) is 2.09. The van der Waals surface area contributed by atoms with Crippen LogP contribution in [-0.2, 0) is 4.74 Å². The lowest BCUT2D eigenvalue weighted by Crippen LogP contribution is -2.48. The zero-order valence-electron chi connectivity index (χ0n) is 12.9. The van der Waals surface area contributed by atoms with Gasteiger partial charge in [-0.1, -0.05) is 0 Å². The highest BCUT2D eigenvalue weighted by Gasteiger charge is 2.22. The van der Waals surface area contributed by atoms with Crippen LogP contribution in [0.2, 0.25) is 0 Å². The molecule has 1 N–H and O–H groups in total. The molecule has 0 spiro atoms. The van der Waals surface area contributed by atoms with Crippen LogP contribution in [0.4, 0.5) is 5.69 Å². The molecule has 0 aromatic heterocycles. The summed E-state index contributed by atoms with van der Waals surface area (Å²) >= 11 is 0. The monoisotopic (exact) mass is 289 g/mol. The van der Waals surface area contributed by atoms with Gasteiger partial charge in [0.2, 0.25) is 0 Å². The number of ether oxygens (including phenoxy) is 2. The number of hydrogen-bond acceptors (Lipinski definition) is 5. The maximum Gasteiger partial charge on any atom is 0.143 e. The quantitative estimate of drug-likeness (QED) is 0.899. The van der Waals surface area contributed by atoms with Crippen molar-refractivity contribution in [2.75, 3.05) is 38.7 Å². The van der Waals surface area contributed by atoms with E-state index in [0.717, 1.165) is 31.9 Å². The Labute approximate surface area is 126 Å². The van der Waals surface area contributed by atoms with E-state index in [1.165, 1.54) is 0 Å². The number of nitriles is 1. The van der Waals surface area contributed by atoms with E-state index in [4.69, 9.17) is 14.7 Å². The number of morpholine rings is 1. The molecule has 2 rings (SSSR count). The lowest BCUT2D eigenvalue weighted by atomic mass is 10.2. The Morgan fingerprint density at radius 1 is 1.52 bits per heavy atom. The maximum absolute atomic E-state index is 8.91. The van der Waals surface area contributed by atoms with Gasteiger partial charge in [-0.05, 0) is 26.0 Å². The van der Waals surface area contributed by atoms with Crippen LogP contribution in [-0.4, -0.2) is 50.4 Å². The van der Waals surface area contributed by atoms with E-state index in [0.29, 0.717) is 17.4 Å². The molecule has 1 aromatic carbocycles. The van der Waals surface area contributed by atoms with Gasteiger partial charge in [-0.3, -0.25) is 4.90 Å². The molecule has 1 saturated heterocycles. The lowest BCUT2D eigenvalue weighted by molar-refractivity contribution is -0.0315. The number of rotatable bonds is 5. The molecule has 1 aromatic rings. The van der Waals surface area contributed by atoms with Gasteiger partial charge in [0.25, 0.3) is 0 Å². The van der Waals surface area contributed by atoms with Crippen LogP contribution in [0.15, 0.2) is 18.2 Å². The lowest BCUT2D eigenvalue weighted by Gasteiger charge is -2.35. The summed E-state index contributed by atoms with van der Waals surface area (Å²) in [7, 11) is 1.61. The largest absolute Gasteiger partial charge is 0.495 e. The van der Waals surface area contributed by atoms with E-state index in [9.17, 15) is 0 Å². The van der Waals surface area contributed by atoms with E-state index in [2.05, 4.69) is 30.1 Å². The van der Waals surface area contributed by atoms with Crippen molar-refractivity contribution in [3.63, 3.8) is 0 Å². The number of nitrogens with one attached hydrogen (secondary N) is 1. The number of methoxy groups -OCH3 is 1. The third-order valence-electron chi connectivity index (χ3n) is 3.75. The van der Waals surface area contributed by atoms with Gasteiger partial charge < -0.3 is 14.8 Å². The van der Waals surface area contributed by atoms with Gasteiger partial charge >= 0.3 is 0 Å². The summed E-state index contributed by atoms with van der Waals surface area (Å²) in [6.07, 6.45) is 0.168. The first kappa shape index (κ1) is 15.6. The Bertz CT molecular complexity index is 511. The summed E-state index contributed by atoms with van der Waals surface area (Å²) in [4.78, 5) is 2.42. The maximum atomic E-state index is 8.91. The molecule has 114 valence electrons. The minimum atomic E-state index is 0.168. The SMILES string of the molecule is COc1cc(C#N)ccc1NCC1CN(C(C)C)CCO1. The molecule has 1 heterocycles. The van der Waals surface area contributed by atoms with E-state index in [1.807, 2.05) is 6.07 Å². The Morgan fingerprint density at radius 2 is 2.33 bits per heavy atom. The summed E-state index contributed by atoms with van der Waals surface area (Å²) in [5, 5.41) is 12.3. The second-order valence-electron chi connectivity index (χ2n) is 5.49. The molecule has 5 nitrogen and oxygen atoms in total. The van der Waals surface area contributed by atoms with Gasteiger partial charge in [0.15, 0.2) is 0 Å². The highest BCUT2D eigenvalue weighted by atomic mass is 16.5. The minimum Gasteiger partial charge on any atom is -0.495 e. The van der Waals surface area contributed by atoms with Crippen molar-refractivity contribution < 1.29 is 9.47 Å². The molecule has 0 amide bonds. The van der Waals surface area contributed by atoms with Crippen LogP contribution in [0.1, 0.15) is 19.4 Å². The molecule has 1 aliphatic heterocycles. The Morgan fingerprint density at radius 3 is 3.00 bits per heavy atom. The summed E-state index contributed by atoms with van der Waals surface area (Å²) < 4.78 is 11.1. The van der Waals surface area contributed by atoms with Crippen LogP contribution in [0, 0.1) is 11.3 Å². The third-order valence-corrected chi connectivity index (χ3v) is 3.75. The molecular formula is C16H23N3O2. The van der Waals surface area contributed by atoms with Gasteiger partial charge in [0, 0.05) is 31.7 Å². The molecular weight excluding hydrogens is 266 g/mol. The van der Waals surface area contributed by atoms with Gasteiger partial charge in [0.05, 0.1) is 37.1 Å². The molecule has 1 atom stereocenters. The molecule has 1 aliphatic rings. The van der Waals surface area contributed by atoms with Crippen LogP contribution in [0.5, 0.6) is 5.75 Å². The van der Waals surface area contributed by atoms with E-state index >= 15 is 0 Å². The molecule has 21 heavy (non-hydrogen) atoms. The molecule has 0 saturated carbocycles. The average molecular weight is 289 g/mol. The van der Waals surface area contributed by atoms with Gasteiger partial charge in [-0.15, -0.1) is 0 Å². The first-order valence-electron chi connectivity index (χ1n) is 7.31. The van der Waals surface area contributed by atoms with Crippen molar-refractivity contribution in [3.05, 3.63) is 23.8 Å². The normalized spacial score (nSPS) is 19.3. The van der Waals surface area contributed by atoms with Crippen LogP contribution in [0.3, 0.4) is 0 Å². The van der Waals surface area contributed by atoms with Crippen LogP contribution in [0.25, 0.3) is 0 Å². The predicted molar refractivity (Wildman–Crippen MR) is 82.6 cm³/mol. The second-order valence-corrected chi connectivity index (χ2v) is 5.49. The van der Waals surface area contributed by atoms with Crippen molar-refractivity contribution in [1.29, 1.82) is 5.26 Å². The Kier molecular flexibility index (Phi) is 5.43.